The number of aliphatic hydroxyl groups is 1. The average molecular weight is 379 g/mol. The Labute approximate surface area is 167 Å². The molecular formula is C25H30O3. The average Bonchev–Trinajstić information content (AvgIpc) is 2.64. The minimum atomic E-state index is -0.957. The summed E-state index contributed by atoms with van der Waals surface area (Å²) in [5.41, 5.74) is 6.20. The van der Waals surface area contributed by atoms with Crippen LogP contribution < -0.4 is 0 Å². The number of hydrogen-bond acceptors (Lipinski definition) is 2. The van der Waals surface area contributed by atoms with Crippen LogP contribution in [0, 0.1) is 0 Å². The van der Waals surface area contributed by atoms with Gasteiger partial charge in [-0.1, -0.05) is 70.2 Å². The van der Waals surface area contributed by atoms with Crippen molar-refractivity contribution in [1.82, 2.24) is 0 Å². The number of aliphatic carboxylic acids is 1. The zero-order valence-corrected chi connectivity index (χ0v) is 17.4. The Hall–Kier alpha value is -2.39. The van der Waals surface area contributed by atoms with Gasteiger partial charge in [-0.25, -0.2) is 4.79 Å². The Bertz CT molecular complexity index is 917. The Balaban J connectivity index is 1.93. The molecule has 0 aliphatic heterocycles. The van der Waals surface area contributed by atoms with Gasteiger partial charge < -0.3 is 10.2 Å². The van der Waals surface area contributed by atoms with Crippen LogP contribution in [-0.2, 0) is 15.6 Å². The molecule has 2 N–H and O–H groups in total. The van der Waals surface area contributed by atoms with Crippen LogP contribution in [0.1, 0.15) is 81.4 Å². The van der Waals surface area contributed by atoms with Gasteiger partial charge in [-0.05, 0) is 64.0 Å². The summed E-state index contributed by atoms with van der Waals surface area (Å²) in [5.74, 6) is -0.957. The number of fused-ring (bicyclic) bond motifs is 1. The Morgan fingerprint density at radius 1 is 0.929 bits per heavy atom. The first-order valence-corrected chi connectivity index (χ1v) is 9.86. The van der Waals surface area contributed by atoms with Gasteiger partial charge in [0.2, 0.25) is 0 Å². The fraction of sp³-hybridized carbons (Fsp3) is 0.400. The van der Waals surface area contributed by atoms with Crippen molar-refractivity contribution in [1.29, 1.82) is 0 Å². The van der Waals surface area contributed by atoms with E-state index in [2.05, 4.69) is 39.8 Å². The van der Waals surface area contributed by atoms with Gasteiger partial charge in [0.1, 0.15) is 6.10 Å². The second-order valence-corrected chi connectivity index (χ2v) is 9.26. The molecule has 28 heavy (non-hydrogen) atoms. The molecule has 1 aliphatic rings. The predicted molar refractivity (Wildman–Crippen MR) is 114 cm³/mol. The van der Waals surface area contributed by atoms with E-state index >= 15 is 0 Å². The molecule has 1 atom stereocenters. The van der Waals surface area contributed by atoms with E-state index in [9.17, 15) is 9.90 Å². The lowest BCUT2D eigenvalue weighted by atomic mass is 9.63. The van der Waals surface area contributed by atoms with Crippen molar-refractivity contribution in [2.75, 3.05) is 0 Å². The summed E-state index contributed by atoms with van der Waals surface area (Å²) in [4.78, 5) is 10.8. The Morgan fingerprint density at radius 2 is 1.46 bits per heavy atom. The second-order valence-electron chi connectivity index (χ2n) is 9.26. The molecule has 0 spiro atoms. The highest BCUT2D eigenvalue weighted by Crippen LogP contribution is 2.46. The number of allylic oxidation sites excluding steroid dienone is 1. The molecule has 3 nitrogen and oxygen atoms in total. The van der Waals surface area contributed by atoms with Crippen molar-refractivity contribution in [2.24, 2.45) is 0 Å². The lowest BCUT2D eigenvalue weighted by Gasteiger charge is -2.42. The summed E-state index contributed by atoms with van der Waals surface area (Å²) >= 11 is 0. The van der Waals surface area contributed by atoms with Gasteiger partial charge in [0.05, 0.1) is 0 Å². The van der Waals surface area contributed by atoms with E-state index in [1.165, 1.54) is 23.6 Å². The quantitative estimate of drug-likeness (QED) is 0.680. The van der Waals surface area contributed by atoms with E-state index < -0.39 is 12.1 Å². The molecule has 1 unspecified atom stereocenters. The minimum Gasteiger partial charge on any atom is -0.478 e. The Morgan fingerprint density at radius 3 is 2.04 bits per heavy atom. The van der Waals surface area contributed by atoms with Crippen LogP contribution in [0.15, 0.2) is 48.5 Å². The third kappa shape index (κ3) is 3.90. The normalized spacial score (nSPS) is 19.0. The van der Waals surface area contributed by atoms with Crippen LogP contribution in [0.4, 0.5) is 0 Å². The standard InChI is InChI=1S/C25H30O3/c1-16(14-22(26)27)17-6-8-18(9-7-17)23(28)19-10-11-20-21(15-19)25(4,5)13-12-24(20,2)3/h6-11,14-15,23,28H,12-13H2,1-5H3,(H,26,27). The third-order valence-corrected chi connectivity index (χ3v) is 6.21. The van der Waals surface area contributed by atoms with Crippen LogP contribution in [-0.4, -0.2) is 16.2 Å². The largest absolute Gasteiger partial charge is 0.478 e. The number of carboxylic acid groups (broad SMARTS) is 1. The van der Waals surface area contributed by atoms with E-state index in [0.29, 0.717) is 5.57 Å². The van der Waals surface area contributed by atoms with Crippen LogP contribution in [0.3, 0.4) is 0 Å². The molecular weight excluding hydrogens is 348 g/mol. The number of carboxylic acids is 1. The number of aliphatic hydroxyl groups excluding tert-OH is 1. The Kier molecular flexibility index (Phi) is 5.24. The lowest BCUT2D eigenvalue weighted by Crippen LogP contribution is -2.34. The van der Waals surface area contributed by atoms with E-state index in [1.807, 2.05) is 30.3 Å². The lowest BCUT2D eigenvalue weighted by molar-refractivity contribution is -0.131. The van der Waals surface area contributed by atoms with Gasteiger partial charge >= 0.3 is 5.97 Å². The summed E-state index contributed by atoms with van der Waals surface area (Å²) in [7, 11) is 0. The SMILES string of the molecule is CC(=CC(=O)O)c1ccc(C(O)c2ccc3c(c2)C(C)(C)CCC3(C)C)cc1. The molecule has 0 fully saturated rings. The van der Waals surface area contributed by atoms with E-state index in [0.717, 1.165) is 23.1 Å². The molecule has 3 heteroatoms. The van der Waals surface area contributed by atoms with Crippen LogP contribution in [0.5, 0.6) is 0 Å². The van der Waals surface area contributed by atoms with Crippen molar-refractivity contribution in [3.05, 3.63) is 76.4 Å². The van der Waals surface area contributed by atoms with Crippen LogP contribution in [0.2, 0.25) is 0 Å². The van der Waals surface area contributed by atoms with Crippen molar-refractivity contribution >= 4 is 11.5 Å². The summed E-state index contributed by atoms with van der Waals surface area (Å²) in [5, 5.41) is 19.9. The van der Waals surface area contributed by atoms with Gasteiger partial charge in [0.15, 0.2) is 0 Å². The van der Waals surface area contributed by atoms with Crippen molar-refractivity contribution in [3.63, 3.8) is 0 Å². The van der Waals surface area contributed by atoms with E-state index in [1.54, 1.807) is 6.92 Å². The maximum Gasteiger partial charge on any atom is 0.328 e. The molecule has 0 radical (unpaired) electrons. The molecule has 0 amide bonds. The smallest absolute Gasteiger partial charge is 0.328 e. The number of rotatable bonds is 4. The zero-order chi connectivity index (χ0) is 20.7. The molecule has 0 saturated heterocycles. The number of benzene rings is 2. The highest BCUT2D eigenvalue weighted by atomic mass is 16.4. The molecule has 148 valence electrons. The fourth-order valence-corrected chi connectivity index (χ4v) is 4.17. The molecule has 3 rings (SSSR count). The third-order valence-electron chi connectivity index (χ3n) is 6.21. The van der Waals surface area contributed by atoms with Crippen molar-refractivity contribution in [2.45, 2.75) is 64.4 Å². The first-order valence-electron chi connectivity index (χ1n) is 9.86. The van der Waals surface area contributed by atoms with E-state index in [4.69, 9.17) is 5.11 Å². The zero-order valence-electron chi connectivity index (χ0n) is 17.4. The summed E-state index contributed by atoms with van der Waals surface area (Å²) < 4.78 is 0. The number of carbonyl (C=O) groups is 1. The maximum atomic E-state index is 11.0. The molecule has 1 aliphatic carbocycles. The molecule has 0 saturated carbocycles. The van der Waals surface area contributed by atoms with Crippen LogP contribution >= 0.6 is 0 Å². The molecule has 2 aromatic rings. The maximum absolute atomic E-state index is 11.0. The van der Waals surface area contributed by atoms with Gasteiger partial charge in [0.25, 0.3) is 0 Å². The monoisotopic (exact) mass is 378 g/mol. The minimum absolute atomic E-state index is 0.100. The van der Waals surface area contributed by atoms with Crippen molar-refractivity contribution in [3.8, 4) is 0 Å². The van der Waals surface area contributed by atoms with Crippen LogP contribution in [0.25, 0.3) is 5.57 Å². The second kappa shape index (κ2) is 7.21. The predicted octanol–water partition coefficient (Wildman–Crippen LogP) is 5.61. The number of hydrogen-bond donors (Lipinski definition) is 2. The van der Waals surface area contributed by atoms with Gasteiger partial charge in [-0.15, -0.1) is 0 Å². The highest BCUT2D eigenvalue weighted by molar-refractivity contribution is 5.89. The molecule has 2 aromatic carbocycles. The summed E-state index contributed by atoms with van der Waals surface area (Å²) in [6, 6.07) is 13.8. The van der Waals surface area contributed by atoms with Crippen molar-refractivity contribution < 1.29 is 15.0 Å². The van der Waals surface area contributed by atoms with Gasteiger partial charge in [-0.2, -0.15) is 0 Å². The van der Waals surface area contributed by atoms with Gasteiger partial charge in [-0.3, -0.25) is 0 Å². The molecule has 0 aromatic heterocycles. The summed E-state index contributed by atoms with van der Waals surface area (Å²) in [6.45, 7) is 10.9. The summed E-state index contributed by atoms with van der Waals surface area (Å²) in [6.07, 6.45) is 2.79. The van der Waals surface area contributed by atoms with Gasteiger partial charge in [0, 0.05) is 6.08 Å². The van der Waals surface area contributed by atoms with E-state index in [-0.39, 0.29) is 10.8 Å². The first-order chi connectivity index (χ1) is 13.0. The topological polar surface area (TPSA) is 57.5 Å². The fourth-order valence-electron chi connectivity index (χ4n) is 4.17. The molecule has 0 heterocycles. The highest BCUT2D eigenvalue weighted by Gasteiger charge is 2.37. The first kappa shape index (κ1) is 20.3. The molecule has 0 bridgehead atoms.